The number of rotatable bonds is 5. The number of nitrogens with one attached hydrogen (secondary N) is 1. The summed E-state index contributed by atoms with van der Waals surface area (Å²) in [5, 5.41) is 19.0. The second kappa shape index (κ2) is 10.9. The predicted molar refractivity (Wildman–Crippen MR) is 101 cm³/mol. The van der Waals surface area contributed by atoms with Crippen molar-refractivity contribution < 1.29 is 19.4 Å². The smallest absolute Gasteiger partial charge is 0.300 e. The van der Waals surface area contributed by atoms with E-state index in [-0.39, 0.29) is 5.96 Å². The number of hydrogen-bond acceptors (Lipinski definition) is 6. The molecular formula is C18H21N5O4. The van der Waals surface area contributed by atoms with E-state index < -0.39 is 5.97 Å². The fraction of sp³-hybridized carbons (Fsp3) is 0.222. The summed E-state index contributed by atoms with van der Waals surface area (Å²) in [5.74, 6) is 1.24. The van der Waals surface area contributed by atoms with Crippen molar-refractivity contribution in [2.24, 2.45) is 10.7 Å². The van der Waals surface area contributed by atoms with Gasteiger partial charge in [-0.1, -0.05) is 6.07 Å². The predicted octanol–water partition coefficient (Wildman–Crippen LogP) is 1.99. The average molecular weight is 371 g/mol. The topological polar surface area (TPSA) is 143 Å². The van der Waals surface area contributed by atoms with Gasteiger partial charge in [0.05, 0.1) is 31.9 Å². The Morgan fingerprint density at radius 2 is 1.89 bits per heavy atom. The number of guanidine groups is 1. The molecule has 0 saturated heterocycles. The second-order valence-electron chi connectivity index (χ2n) is 5.03. The maximum Gasteiger partial charge on any atom is 0.300 e. The number of methoxy groups -OCH3 is 2. The van der Waals surface area contributed by atoms with Crippen LogP contribution in [0.25, 0.3) is 0 Å². The summed E-state index contributed by atoms with van der Waals surface area (Å²) in [7, 11) is 3.18. The molecule has 0 saturated carbocycles. The highest BCUT2D eigenvalue weighted by Crippen LogP contribution is 2.28. The van der Waals surface area contributed by atoms with E-state index in [2.05, 4.69) is 15.3 Å². The Morgan fingerprint density at radius 1 is 1.30 bits per heavy atom. The molecule has 0 aliphatic rings. The van der Waals surface area contributed by atoms with E-state index in [1.165, 1.54) is 6.20 Å². The number of benzene rings is 1. The van der Waals surface area contributed by atoms with Gasteiger partial charge in [0.2, 0.25) is 0 Å². The van der Waals surface area contributed by atoms with Gasteiger partial charge in [-0.15, -0.1) is 0 Å². The highest BCUT2D eigenvalue weighted by atomic mass is 16.5. The van der Waals surface area contributed by atoms with Crippen molar-refractivity contribution in [1.29, 1.82) is 5.26 Å². The van der Waals surface area contributed by atoms with Gasteiger partial charge in [-0.3, -0.25) is 4.79 Å². The lowest BCUT2D eigenvalue weighted by Gasteiger charge is -2.11. The number of carboxylic acids is 1. The number of aliphatic carboxylic acids is 1. The summed E-state index contributed by atoms with van der Waals surface area (Å²) >= 11 is 0. The Hall–Kier alpha value is -3.80. The standard InChI is InChI=1S/C16H17N5O2.C2H4O2/c1-22-13-4-3-5-14(23-2)12(13)10-20-16(18)21-15-7-6-11(8-17)9-19-15;1-2(3)4/h3-7,9H,10H2,1-2H3,(H3,18,19,20,21);1H3,(H,3,4). The van der Waals surface area contributed by atoms with Crippen molar-refractivity contribution >= 4 is 17.7 Å². The molecule has 142 valence electrons. The SMILES string of the molecule is CC(=O)O.COc1cccc(OC)c1CN=C(N)Nc1ccc(C#N)cn1. The minimum atomic E-state index is -0.833. The Labute approximate surface area is 157 Å². The number of aromatic nitrogens is 1. The molecule has 0 aliphatic carbocycles. The van der Waals surface area contributed by atoms with Gasteiger partial charge >= 0.3 is 0 Å². The number of anilines is 1. The summed E-state index contributed by atoms with van der Waals surface area (Å²) in [4.78, 5) is 17.3. The summed E-state index contributed by atoms with van der Waals surface area (Å²) in [6.45, 7) is 1.38. The van der Waals surface area contributed by atoms with E-state index in [0.717, 1.165) is 12.5 Å². The van der Waals surface area contributed by atoms with Crippen LogP contribution in [0.2, 0.25) is 0 Å². The highest BCUT2D eigenvalue weighted by Gasteiger charge is 2.09. The molecule has 0 radical (unpaired) electrons. The van der Waals surface area contributed by atoms with Crippen molar-refractivity contribution in [1.82, 2.24) is 4.98 Å². The molecule has 0 bridgehead atoms. The number of carboxylic acid groups (broad SMARTS) is 1. The van der Waals surface area contributed by atoms with E-state index in [1.54, 1.807) is 26.4 Å². The molecule has 0 spiro atoms. The molecule has 2 aromatic rings. The number of carbonyl (C=O) groups is 1. The third-order valence-corrected chi connectivity index (χ3v) is 3.09. The maximum absolute atomic E-state index is 9.00. The molecule has 0 aliphatic heterocycles. The first kappa shape index (κ1) is 21.2. The summed E-state index contributed by atoms with van der Waals surface area (Å²) in [5.41, 5.74) is 7.14. The molecule has 4 N–H and O–H groups in total. The number of ether oxygens (including phenoxy) is 2. The van der Waals surface area contributed by atoms with Crippen LogP contribution in [-0.4, -0.2) is 36.2 Å². The van der Waals surface area contributed by atoms with Crippen molar-refractivity contribution in [2.45, 2.75) is 13.5 Å². The van der Waals surface area contributed by atoms with Crippen molar-refractivity contribution in [3.63, 3.8) is 0 Å². The van der Waals surface area contributed by atoms with E-state index >= 15 is 0 Å². The van der Waals surface area contributed by atoms with Crippen molar-refractivity contribution in [2.75, 3.05) is 19.5 Å². The Kier molecular flexibility index (Phi) is 8.61. The van der Waals surface area contributed by atoms with Gasteiger partial charge in [0.1, 0.15) is 23.4 Å². The molecule has 0 fully saturated rings. The molecule has 9 heteroatoms. The van der Waals surface area contributed by atoms with Gasteiger partial charge in [-0.2, -0.15) is 5.26 Å². The van der Waals surface area contributed by atoms with Crippen LogP contribution in [-0.2, 0) is 11.3 Å². The molecular weight excluding hydrogens is 350 g/mol. The number of nitriles is 1. The fourth-order valence-corrected chi connectivity index (χ4v) is 1.95. The zero-order valence-electron chi connectivity index (χ0n) is 15.3. The third-order valence-electron chi connectivity index (χ3n) is 3.09. The average Bonchev–Trinajstić information content (AvgIpc) is 2.66. The van der Waals surface area contributed by atoms with Gasteiger partial charge < -0.3 is 25.6 Å². The molecule has 0 unspecified atom stereocenters. The molecule has 27 heavy (non-hydrogen) atoms. The summed E-state index contributed by atoms with van der Waals surface area (Å²) in [6.07, 6.45) is 1.46. The first-order chi connectivity index (χ1) is 12.9. The van der Waals surface area contributed by atoms with Crippen LogP contribution >= 0.6 is 0 Å². The normalized spacial score (nSPS) is 10.1. The van der Waals surface area contributed by atoms with Crippen LogP contribution in [0.15, 0.2) is 41.5 Å². The van der Waals surface area contributed by atoms with Crippen LogP contribution in [0.1, 0.15) is 18.1 Å². The zero-order chi connectivity index (χ0) is 20.2. The van der Waals surface area contributed by atoms with Crippen LogP contribution in [0, 0.1) is 11.3 Å². The Bertz CT molecular complexity index is 802. The number of hydrogen-bond donors (Lipinski definition) is 3. The van der Waals surface area contributed by atoms with Crippen LogP contribution in [0.5, 0.6) is 11.5 Å². The lowest BCUT2D eigenvalue weighted by atomic mass is 10.2. The minimum Gasteiger partial charge on any atom is -0.496 e. The highest BCUT2D eigenvalue weighted by molar-refractivity contribution is 5.91. The lowest BCUT2D eigenvalue weighted by molar-refractivity contribution is -0.134. The monoisotopic (exact) mass is 371 g/mol. The third kappa shape index (κ3) is 7.31. The number of pyridine rings is 1. The van der Waals surface area contributed by atoms with E-state index in [1.807, 2.05) is 24.3 Å². The number of nitrogens with zero attached hydrogens (tertiary/aromatic N) is 3. The Balaban J connectivity index is 0.000000828. The Morgan fingerprint density at radius 3 is 2.33 bits per heavy atom. The summed E-state index contributed by atoms with van der Waals surface area (Å²) in [6, 6.07) is 10.8. The largest absolute Gasteiger partial charge is 0.496 e. The molecule has 1 aromatic carbocycles. The van der Waals surface area contributed by atoms with E-state index in [0.29, 0.717) is 29.4 Å². The molecule has 0 atom stereocenters. The van der Waals surface area contributed by atoms with Crippen molar-refractivity contribution in [3.05, 3.63) is 47.7 Å². The van der Waals surface area contributed by atoms with E-state index in [9.17, 15) is 0 Å². The first-order valence-electron chi connectivity index (χ1n) is 7.73. The second-order valence-corrected chi connectivity index (χ2v) is 5.03. The number of aliphatic imine (C=N–C) groups is 1. The lowest BCUT2D eigenvalue weighted by Crippen LogP contribution is -2.23. The van der Waals surface area contributed by atoms with Gasteiger partial charge in [0.15, 0.2) is 5.96 Å². The minimum absolute atomic E-state index is 0.204. The molecule has 9 nitrogen and oxygen atoms in total. The van der Waals surface area contributed by atoms with Gasteiger partial charge in [0.25, 0.3) is 5.97 Å². The molecule has 2 rings (SSSR count). The summed E-state index contributed by atoms with van der Waals surface area (Å²) < 4.78 is 10.6. The molecule has 1 aromatic heterocycles. The molecule has 1 heterocycles. The van der Waals surface area contributed by atoms with Crippen LogP contribution in [0.3, 0.4) is 0 Å². The van der Waals surface area contributed by atoms with Crippen LogP contribution < -0.4 is 20.5 Å². The fourth-order valence-electron chi connectivity index (χ4n) is 1.95. The first-order valence-corrected chi connectivity index (χ1v) is 7.73. The van der Waals surface area contributed by atoms with Gasteiger partial charge in [-0.25, -0.2) is 9.98 Å². The molecule has 0 amide bonds. The van der Waals surface area contributed by atoms with Gasteiger partial charge in [0, 0.05) is 13.1 Å². The van der Waals surface area contributed by atoms with E-state index in [4.69, 9.17) is 30.4 Å². The van der Waals surface area contributed by atoms with Crippen molar-refractivity contribution in [3.8, 4) is 17.6 Å². The quantitative estimate of drug-likeness (QED) is 0.535. The van der Waals surface area contributed by atoms with Gasteiger partial charge in [-0.05, 0) is 24.3 Å². The number of nitrogens with two attached hydrogens (primary N) is 1. The van der Waals surface area contributed by atoms with Crippen LogP contribution in [0.4, 0.5) is 5.82 Å². The maximum atomic E-state index is 9.00. The zero-order valence-corrected chi connectivity index (χ0v) is 15.3.